The molecular formula is C16H15N3O2. The van der Waals surface area contributed by atoms with E-state index in [0.717, 1.165) is 16.7 Å². The standard InChI is InChI=1S/C16H15N3O2/c1-10-5-3-4-6-12(10)15-18-16(21-19-15)13-8-7-11(17)9-14(13)20-2/h3-9H,17H2,1-2H3. The molecule has 0 bridgehead atoms. The van der Waals surface area contributed by atoms with Gasteiger partial charge >= 0.3 is 0 Å². The second kappa shape index (κ2) is 5.28. The van der Waals surface area contributed by atoms with Crippen molar-refractivity contribution in [2.24, 2.45) is 0 Å². The summed E-state index contributed by atoms with van der Waals surface area (Å²) < 4.78 is 10.7. The Morgan fingerprint density at radius 2 is 1.90 bits per heavy atom. The van der Waals surface area contributed by atoms with Crippen LogP contribution < -0.4 is 10.5 Å². The highest BCUT2D eigenvalue weighted by Crippen LogP contribution is 2.32. The molecule has 1 heterocycles. The number of ether oxygens (including phenoxy) is 1. The van der Waals surface area contributed by atoms with Crippen LogP contribution in [0, 0.1) is 6.92 Å². The number of nitrogens with zero attached hydrogens (tertiary/aromatic N) is 2. The van der Waals surface area contributed by atoms with E-state index in [4.69, 9.17) is 15.0 Å². The predicted molar refractivity (Wildman–Crippen MR) is 80.9 cm³/mol. The first kappa shape index (κ1) is 13.2. The summed E-state index contributed by atoms with van der Waals surface area (Å²) in [5, 5.41) is 4.05. The van der Waals surface area contributed by atoms with Crippen LogP contribution in [0.15, 0.2) is 47.0 Å². The van der Waals surface area contributed by atoms with Crippen LogP contribution in [0.25, 0.3) is 22.8 Å². The van der Waals surface area contributed by atoms with Crippen LogP contribution in [-0.4, -0.2) is 17.3 Å². The lowest BCUT2D eigenvalue weighted by molar-refractivity contribution is 0.405. The van der Waals surface area contributed by atoms with Crippen molar-refractivity contribution in [3.05, 3.63) is 48.0 Å². The maximum Gasteiger partial charge on any atom is 0.262 e. The quantitative estimate of drug-likeness (QED) is 0.745. The van der Waals surface area contributed by atoms with Gasteiger partial charge in [-0.3, -0.25) is 0 Å². The zero-order chi connectivity index (χ0) is 14.8. The highest BCUT2D eigenvalue weighted by molar-refractivity contribution is 5.69. The van der Waals surface area contributed by atoms with Gasteiger partial charge in [0.05, 0.1) is 12.7 Å². The third-order valence-electron chi connectivity index (χ3n) is 3.27. The average molecular weight is 281 g/mol. The highest BCUT2D eigenvalue weighted by atomic mass is 16.5. The van der Waals surface area contributed by atoms with Gasteiger partial charge in [-0.2, -0.15) is 4.98 Å². The number of anilines is 1. The maximum atomic E-state index is 5.75. The minimum absolute atomic E-state index is 0.408. The third-order valence-corrected chi connectivity index (χ3v) is 3.27. The van der Waals surface area contributed by atoms with Crippen molar-refractivity contribution >= 4 is 5.69 Å². The second-order valence-corrected chi connectivity index (χ2v) is 4.70. The summed E-state index contributed by atoms with van der Waals surface area (Å²) in [6.45, 7) is 2.01. The van der Waals surface area contributed by atoms with Crippen molar-refractivity contribution < 1.29 is 9.26 Å². The molecule has 21 heavy (non-hydrogen) atoms. The Morgan fingerprint density at radius 1 is 1.10 bits per heavy atom. The van der Waals surface area contributed by atoms with Gasteiger partial charge in [-0.15, -0.1) is 0 Å². The third kappa shape index (κ3) is 2.45. The lowest BCUT2D eigenvalue weighted by Crippen LogP contribution is -1.91. The van der Waals surface area contributed by atoms with E-state index in [0.29, 0.717) is 23.2 Å². The van der Waals surface area contributed by atoms with Crippen LogP contribution in [0.5, 0.6) is 5.75 Å². The van der Waals surface area contributed by atoms with Crippen molar-refractivity contribution in [3.63, 3.8) is 0 Å². The Hall–Kier alpha value is -2.82. The minimum Gasteiger partial charge on any atom is -0.496 e. The van der Waals surface area contributed by atoms with Gasteiger partial charge in [0.15, 0.2) is 0 Å². The molecule has 0 radical (unpaired) electrons. The Labute approximate surface area is 122 Å². The van der Waals surface area contributed by atoms with E-state index >= 15 is 0 Å². The van der Waals surface area contributed by atoms with Crippen molar-refractivity contribution in [1.82, 2.24) is 10.1 Å². The lowest BCUT2D eigenvalue weighted by atomic mass is 10.1. The number of nitrogen functional groups attached to an aromatic ring is 1. The van der Waals surface area contributed by atoms with E-state index in [9.17, 15) is 0 Å². The fraction of sp³-hybridized carbons (Fsp3) is 0.125. The average Bonchev–Trinajstić information content (AvgIpc) is 2.97. The molecule has 3 rings (SSSR count). The summed E-state index contributed by atoms with van der Waals surface area (Å²) in [7, 11) is 1.58. The first-order valence-electron chi connectivity index (χ1n) is 6.52. The van der Waals surface area contributed by atoms with Crippen LogP contribution in [0.3, 0.4) is 0 Å². The van der Waals surface area contributed by atoms with Crippen LogP contribution >= 0.6 is 0 Å². The number of aromatic nitrogens is 2. The second-order valence-electron chi connectivity index (χ2n) is 4.70. The molecule has 0 saturated heterocycles. The summed E-state index contributed by atoms with van der Waals surface area (Å²) in [6.07, 6.45) is 0. The lowest BCUT2D eigenvalue weighted by Gasteiger charge is -2.05. The summed E-state index contributed by atoms with van der Waals surface area (Å²) in [5.74, 6) is 1.57. The molecule has 5 nitrogen and oxygen atoms in total. The molecule has 0 fully saturated rings. The summed E-state index contributed by atoms with van der Waals surface area (Å²) in [5.41, 5.74) is 9.13. The number of nitrogens with two attached hydrogens (primary N) is 1. The molecule has 5 heteroatoms. The SMILES string of the molecule is COc1cc(N)ccc1-c1nc(-c2ccccc2C)no1. The molecule has 0 aliphatic heterocycles. The molecule has 0 saturated carbocycles. The van der Waals surface area contributed by atoms with Crippen LogP contribution in [0.4, 0.5) is 5.69 Å². The van der Waals surface area contributed by atoms with E-state index in [1.54, 1.807) is 19.2 Å². The molecule has 2 N–H and O–H groups in total. The molecule has 3 aromatic rings. The maximum absolute atomic E-state index is 5.75. The van der Waals surface area contributed by atoms with Gasteiger partial charge < -0.3 is 15.0 Å². The monoisotopic (exact) mass is 281 g/mol. The highest BCUT2D eigenvalue weighted by Gasteiger charge is 2.15. The zero-order valence-electron chi connectivity index (χ0n) is 11.8. The summed E-state index contributed by atoms with van der Waals surface area (Å²) >= 11 is 0. The van der Waals surface area contributed by atoms with E-state index in [1.165, 1.54) is 0 Å². The van der Waals surface area contributed by atoms with Crippen molar-refractivity contribution in [2.75, 3.05) is 12.8 Å². The summed E-state index contributed by atoms with van der Waals surface area (Å²) in [6, 6.07) is 13.2. The molecule has 1 aromatic heterocycles. The van der Waals surface area contributed by atoms with E-state index in [-0.39, 0.29) is 0 Å². The number of methoxy groups -OCH3 is 1. The molecule has 0 aliphatic rings. The van der Waals surface area contributed by atoms with E-state index in [2.05, 4.69) is 10.1 Å². The predicted octanol–water partition coefficient (Wildman–Crippen LogP) is 3.30. The number of hydrogen-bond donors (Lipinski definition) is 1. The topological polar surface area (TPSA) is 74.2 Å². The normalized spacial score (nSPS) is 10.6. The molecule has 0 spiro atoms. The van der Waals surface area contributed by atoms with Gasteiger partial charge in [0.25, 0.3) is 5.89 Å². The Kier molecular flexibility index (Phi) is 3.31. The van der Waals surface area contributed by atoms with Gasteiger partial charge in [-0.05, 0) is 24.6 Å². The van der Waals surface area contributed by atoms with Gasteiger partial charge in [0.1, 0.15) is 5.75 Å². The molecule has 106 valence electrons. The largest absolute Gasteiger partial charge is 0.496 e. The fourth-order valence-corrected chi connectivity index (χ4v) is 2.15. The number of rotatable bonds is 3. The van der Waals surface area contributed by atoms with Gasteiger partial charge in [0, 0.05) is 17.3 Å². The molecule has 2 aromatic carbocycles. The van der Waals surface area contributed by atoms with E-state index in [1.807, 2.05) is 37.3 Å². The number of hydrogen-bond acceptors (Lipinski definition) is 5. The van der Waals surface area contributed by atoms with E-state index < -0.39 is 0 Å². The smallest absolute Gasteiger partial charge is 0.262 e. The molecule has 0 unspecified atom stereocenters. The van der Waals surface area contributed by atoms with Crippen molar-refractivity contribution in [2.45, 2.75) is 6.92 Å². The molecule has 0 aliphatic carbocycles. The number of aryl methyl sites for hydroxylation is 1. The summed E-state index contributed by atoms with van der Waals surface area (Å²) in [4.78, 5) is 4.45. The zero-order valence-corrected chi connectivity index (χ0v) is 11.8. The number of benzene rings is 2. The van der Waals surface area contributed by atoms with Crippen molar-refractivity contribution in [1.29, 1.82) is 0 Å². The molecule has 0 atom stereocenters. The molecular weight excluding hydrogens is 266 g/mol. The fourth-order valence-electron chi connectivity index (χ4n) is 2.15. The van der Waals surface area contributed by atoms with Gasteiger partial charge in [-0.25, -0.2) is 0 Å². The van der Waals surface area contributed by atoms with Crippen LogP contribution in [0.2, 0.25) is 0 Å². The van der Waals surface area contributed by atoms with Crippen LogP contribution in [0.1, 0.15) is 5.56 Å². The van der Waals surface area contributed by atoms with Crippen LogP contribution in [-0.2, 0) is 0 Å². The minimum atomic E-state index is 0.408. The Morgan fingerprint density at radius 3 is 2.67 bits per heavy atom. The van der Waals surface area contributed by atoms with Crippen molar-refractivity contribution in [3.8, 4) is 28.6 Å². The Bertz CT molecular complexity index is 781. The van der Waals surface area contributed by atoms with Gasteiger partial charge in [0.2, 0.25) is 5.82 Å². The first-order valence-corrected chi connectivity index (χ1v) is 6.52. The Balaban J connectivity index is 2.05. The molecule has 0 amide bonds. The first-order chi connectivity index (χ1) is 10.2. The van der Waals surface area contributed by atoms with Gasteiger partial charge in [-0.1, -0.05) is 29.4 Å².